The van der Waals surface area contributed by atoms with Gasteiger partial charge in [0, 0.05) is 17.5 Å². The van der Waals surface area contributed by atoms with Crippen LogP contribution in [0.25, 0.3) is 11.3 Å². The van der Waals surface area contributed by atoms with Gasteiger partial charge < -0.3 is 19.7 Å². The lowest BCUT2D eigenvalue weighted by molar-refractivity contribution is -0.251. The molecule has 6 aliphatic carbocycles. The Labute approximate surface area is 357 Å². The molecule has 0 radical (unpaired) electrons. The molecule has 9 heteroatoms. The van der Waals surface area contributed by atoms with Crippen LogP contribution in [0.15, 0.2) is 42.6 Å². The molecule has 1 aromatic heterocycles. The Morgan fingerprint density at radius 3 is 2.35 bits per heavy atom. The van der Waals surface area contributed by atoms with Gasteiger partial charge in [-0.15, -0.1) is 0 Å². The van der Waals surface area contributed by atoms with Crippen LogP contribution >= 0.6 is 0 Å². The Bertz CT molecular complexity index is 2090. The molecule has 0 bridgehead atoms. The van der Waals surface area contributed by atoms with Gasteiger partial charge in [-0.1, -0.05) is 72.8 Å². The lowest BCUT2D eigenvalue weighted by atomic mass is 9.32. The second-order valence-electron chi connectivity index (χ2n) is 23.0. The van der Waals surface area contributed by atoms with Gasteiger partial charge in [0.15, 0.2) is 0 Å². The van der Waals surface area contributed by atoms with Crippen molar-refractivity contribution in [3.05, 3.63) is 54.3 Å². The van der Waals surface area contributed by atoms with Gasteiger partial charge >= 0.3 is 11.9 Å². The maximum absolute atomic E-state index is 15.5. The summed E-state index contributed by atoms with van der Waals surface area (Å²) < 4.78 is 20.6. The summed E-state index contributed by atoms with van der Waals surface area (Å²) in [5.74, 6) is 0.865. The average molecular weight is 824 g/mol. The van der Waals surface area contributed by atoms with Crippen LogP contribution in [0.3, 0.4) is 0 Å². The third kappa shape index (κ3) is 5.77. The number of benzene rings is 1. The van der Waals surface area contributed by atoms with Crippen molar-refractivity contribution in [3.63, 3.8) is 0 Å². The number of ether oxygens (including phenoxy) is 1. The second kappa shape index (κ2) is 14.0. The summed E-state index contributed by atoms with van der Waals surface area (Å²) in [7, 11) is 0. The molecule has 326 valence electrons. The molecule has 9 rings (SSSR count). The molecule has 6 saturated carbocycles. The number of likely N-dealkylation sites (tertiary alicyclic amines) is 1. The van der Waals surface area contributed by atoms with E-state index in [-0.39, 0.29) is 57.4 Å². The van der Waals surface area contributed by atoms with Crippen LogP contribution in [0.5, 0.6) is 0 Å². The highest BCUT2D eigenvalue weighted by molar-refractivity contribution is 5.85. The molecular formula is C51H70FN3O5. The van der Waals surface area contributed by atoms with Crippen molar-refractivity contribution in [2.45, 2.75) is 151 Å². The molecule has 1 unspecified atom stereocenters. The Hall–Kier alpha value is -3.49. The number of carboxylic acids is 1. The summed E-state index contributed by atoms with van der Waals surface area (Å²) in [6, 6.07) is 6.46. The number of nitrogens with zero attached hydrogens (tertiary/aromatic N) is 2. The van der Waals surface area contributed by atoms with Gasteiger partial charge in [0.1, 0.15) is 17.7 Å². The molecule has 60 heavy (non-hydrogen) atoms. The van der Waals surface area contributed by atoms with Gasteiger partial charge in [-0.2, -0.15) is 0 Å². The number of H-pyrrole nitrogens is 1. The standard InChI is InChI=1S/C51H70FN3O5/c1-29(2)32-17-22-51(45(59)55-25-11-14-37(55)42-53-28-36(54-42)30-12-10-13-31(52)26-30)24-23-49(8)33(41(32)51)15-16-39-48(7)20-19-40(47(5,6)38(48)18-21-50(39,49)9)60-44(58)35-27-34(43(56)57)46(35,3)4/h10,12-13,26,28,32-35,37-41H,1,11,14-25,27H2,2-9H3,(H,53,54)(H,56,57)/t32-,33+,34-,35+,37-,38-,39+,40-,41+,48?,49+,50+,51-/m0/s1. The van der Waals surface area contributed by atoms with E-state index in [0.29, 0.717) is 36.0 Å². The van der Waals surface area contributed by atoms with Crippen LogP contribution in [0.1, 0.15) is 151 Å². The fourth-order valence-electron chi connectivity index (χ4n) is 16.6. The van der Waals surface area contributed by atoms with Gasteiger partial charge in [0.25, 0.3) is 0 Å². The number of halogens is 1. The molecule has 1 aromatic carbocycles. The number of carbonyl (C=O) groups excluding carboxylic acids is 2. The van der Waals surface area contributed by atoms with Crippen molar-refractivity contribution < 1.29 is 28.6 Å². The number of imidazole rings is 1. The first-order chi connectivity index (χ1) is 28.2. The third-order valence-corrected chi connectivity index (χ3v) is 20.1. The molecule has 2 heterocycles. The van der Waals surface area contributed by atoms with Gasteiger partial charge in [0.2, 0.25) is 5.91 Å². The number of hydrogen-bond acceptors (Lipinski definition) is 5. The van der Waals surface area contributed by atoms with Gasteiger partial charge in [-0.3, -0.25) is 14.4 Å². The molecule has 0 spiro atoms. The fraction of sp³-hybridized carbons (Fsp3) is 0.725. The average Bonchev–Trinajstić information content (AvgIpc) is 3.95. The summed E-state index contributed by atoms with van der Waals surface area (Å²) in [6.45, 7) is 23.8. The normalized spacial score (nSPS) is 42.5. The fourth-order valence-corrected chi connectivity index (χ4v) is 16.6. The maximum Gasteiger partial charge on any atom is 0.309 e. The first-order valence-corrected chi connectivity index (χ1v) is 23.4. The number of amides is 1. The summed E-state index contributed by atoms with van der Waals surface area (Å²) >= 11 is 0. The van der Waals surface area contributed by atoms with Gasteiger partial charge in [0.05, 0.1) is 35.2 Å². The zero-order chi connectivity index (χ0) is 42.9. The van der Waals surface area contributed by atoms with E-state index in [4.69, 9.17) is 9.72 Å². The minimum absolute atomic E-state index is 0.0750. The number of esters is 1. The van der Waals surface area contributed by atoms with Crippen molar-refractivity contribution in [3.8, 4) is 11.3 Å². The van der Waals surface area contributed by atoms with E-state index >= 15 is 4.79 Å². The maximum atomic E-state index is 15.5. The van der Waals surface area contributed by atoms with Crippen molar-refractivity contribution in [1.82, 2.24) is 14.9 Å². The number of hydrogen-bond donors (Lipinski definition) is 2. The predicted molar refractivity (Wildman–Crippen MR) is 230 cm³/mol. The number of aromatic amines is 1. The van der Waals surface area contributed by atoms with E-state index in [0.717, 1.165) is 101 Å². The first kappa shape index (κ1) is 41.8. The van der Waals surface area contributed by atoms with E-state index in [1.807, 2.05) is 19.9 Å². The number of fused-ring (bicyclic) bond motifs is 7. The quantitative estimate of drug-likeness (QED) is 0.212. The van der Waals surface area contributed by atoms with Gasteiger partial charge in [-0.05, 0) is 154 Å². The van der Waals surface area contributed by atoms with Crippen molar-refractivity contribution >= 4 is 17.8 Å². The molecule has 1 aliphatic heterocycles. The molecule has 7 aliphatic rings. The SMILES string of the molecule is C=C(C)[C@@H]1CC[C@]2(C(=O)N3CCC[C@H]3c3ncc(-c4cccc(F)c4)[nH]3)CC[C@]3(C)[C@H](CC[C@@H]4C5(C)CC[C@H](OC(=O)[C@H]6C[C@@H](C(=O)O)C6(C)C)C(C)(C)[C@@H]5CC[C@]43C)[C@@H]12. The minimum Gasteiger partial charge on any atom is -0.481 e. The van der Waals surface area contributed by atoms with E-state index in [1.54, 1.807) is 12.3 Å². The van der Waals surface area contributed by atoms with E-state index in [1.165, 1.54) is 17.7 Å². The third-order valence-electron chi connectivity index (χ3n) is 20.1. The van der Waals surface area contributed by atoms with Crippen LogP contribution in [-0.2, 0) is 19.1 Å². The van der Waals surface area contributed by atoms with Crippen LogP contribution in [0.4, 0.5) is 4.39 Å². The Morgan fingerprint density at radius 1 is 0.883 bits per heavy atom. The number of rotatable bonds is 7. The molecule has 1 saturated heterocycles. The number of nitrogens with one attached hydrogen (secondary N) is 1. The Kier molecular flexibility index (Phi) is 9.77. The lowest BCUT2D eigenvalue weighted by Crippen LogP contribution is -2.67. The monoisotopic (exact) mass is 824 g/mol. The van der Waals surface area contributed by atoms with Crippen molar-refractivity contribution in [2.24, 2.45) is 73.9 Å². The summed E-state index contributed by atoms with van der Waals surface area (Å²) in [5, 5.41) is 9.70. The molecule has 8 nitrogen and oxygen atoms in total. The number of allylic oxidation sites excluding steroid dienone is 1. The second-order valence-corrected chi connectivity index (χ2v) is 23.0. The minimum atomic E-state index is -0.826. The van der Waals surface area contributed by atoms with E-state index in [9.17, 15) is 19.1 Å². The topological polar surface area (TPSA) is 113 Å². The lowest BCUT2D eigenvalue weighted by Gasteiger charge is -2.73. The number of carbonyl (C=O) groups is 3. The zero-order valence-corrected chi connectivity index (χ0v) is 37.5. The van der Waals surface area contributed by atoms with Crippen molar-refractivity contribution in [2.75, 3.05) is 6.54 Å². The van der Waals surface area contributed by atoms with E-state index < -0.39 is 22.7 Å². The summed E-state index contributed by atoms with van der Waals surface area (Å²) in [6.07, 6.45) is 14.0. The highest BCUT2D eigenvalue weighted by Crippen LogP contribution is 2.78. The number of aliphatic carboxylic acids is 1. The largest absolute Gasteiger partial charge is 0.481 e. The zero-order valence-electron chi connectivity index (χ0n) is 37.5. The Morgan fingerprint density at radius 2 is 1.65 bits per heavy atom. The smallest absolute Gasteiger partial charge is 0.309 e. The number of carboxylic acid groups (broad SMARTS) is 1. The summed E-state index contributed by atoms with van der Waals surface area (Å²) in [5.41, 5.74) is 1.82. The molecule has 2 aromatic rings. The molecular weight excluding hydrogens is 754 g/mol. The van der Waals surface area contributed by atoms with E-state index in [2.05, 4.69) is 58.0 Å². The van der Waals surface area contributed by atoms with Crippen molar-refractivity contribution in [1.29, 1.82) is 0 Å². The van der Waals surface area contributed by atoms with Gasteiger partial charge in [-0.25, -0.2) is 9.37 Å². The van der Waals surface area contributed by atoms with Crippen LogP contribution in [0.2, 0.25) is 0 Å². The number of aromatic nitrogens is 2. The molecule has 13 atom stereocenters. The molecule has 1 amide bonds. The van der Waals surface area contributed by atoms with Crippen LogP contribution in [0, 0.1) is 79.7 Å². The van der Waals surface area contributed by atoms with Crippen LogP contribution < -0.4 is 0 Å². The first-order valence-electron chi connectivity index (χ1n) is 23.4. The highest BCUT2D eigenvalue weighted by Gasteiger charge is 2.72. The molecule has 7 fully saturated rings. The molecule has 2 N–H and O–H groups in total. The summed E-state index contributed by atoms with van der Waals surface area (Å²) in [4.78, 5) is 51.5. The Balaban J connectivity index is 0.967. The highest BCUT2D eigenvalue weighted by atomic mass is 19.1. The van der Waals surface area contributed by atoms with Crippen LogP contribution in [-0.4, -0.2) is 50.5 Å². The predicted octanol–water partition coefficient (Wildman–Crippen LogP) is 11.2.